The number of hydrogen-bond donors (Lipinski definition) is 2. The molecule has 0 radical (unpaired) electrons. The Kier molecular flexibility index (Phi) is 6.02. The van der Waals surface area contributed by atoms with Crippen molar-refractivity contribution in [3.63, 3.8) is 0 Å². The van der Waals surface area contributed by atoms with Crippen molar-refractivity contribution in [2.75, 3.05) is 25.5 Å². The Morgan fingerprint density at radius 1 is 1.39 bits per heavy atom. The Hall–Kier alpha value is -1.59. The molecule has 0 bridgehead atoms. The van der Waals surface area contributed by atoms with Crippen molar-refractivity contribution >= 4 is 29.9 Å². The Bertz CT molecular complexity index is 585. The van der Waals surface area contributed by atoms with Crippen molar-refractivity contribution in [2.45, 2.75) is 38.1 Å². The number of nitrogens with one attached hydrogen (secondary N) is 2. The number of benzene rings is 1. The normalized spacial score (nSPS) is 19.0. The van der Waals surface area contributed by atoms with Crippen LogP contribution in [0.1, 0.15) is 30.4 Å². The highest BCUT2D eigenvalue weighted by Gasteiger charge is 2.22. The molecule has 1 fully saturated rings. The quantitative estimate of drug-likeness (QED) is 0.860. The summed E-state index contributed by atoms with van der Waals surface area (Å²) >= 11 is 0. The SMILES string of the molecule is CN(C(=O)CCCc1ccc2c(c1)CC(=O)N2)C1CCNC1.Cl. The molecule has 1 aromatic rings. The summed E-state index contributed by atoms with van der Waals surface area (Å²) in [7, 11) is 1.91. The molecule has 1 atom stereocenters. The first-order valence-electron chi connectivity index (χ1n) is 8.01. The van der Waals surface area contributed by atoms with Gasteiger partial charge in [-0.3, -0.25) is 9.59 Å². The Balaban J connectivity index is 0.00000192. The predicted octanol–water partition coefficient (Wildman–Crippen LogP) is 1.75. The molecule has 2 heterocycles. The lowest BCUT2D eigenvalue weighted by Gasteiger charge is -2.23. The van der Waals surface area contributed by atoms with Crippen LogP contribution in [0.15, 0.2) is 18.2 Å². The lowest BCUT2D eigenvalue weighted by atomic mass is 10.0. The number of aryl methyl sites for hydroxylation is 1. The minimum atomic E-state index is 0. The van der Waals surface area contributed by atoms with E-state index in [2.05, 4.69) is 16.7 Å². The molecular formula is C17H24ClN3O2. The third-order valence-corrected chi connectivity index (χ3v) is 4.63. The minimum Gasteiger partial charge on any atom is -0.341 e. The van der Waals surface area contributed by atoms with Gasteiger partial charge in [0, 0.05) is 31.7 Å². The van der Waals surface area contributed by atoms with E-state index in [0.29, 0.717) is 18.9 Å². The molecule has 126 valence electrons. The fourth-order valence-corrected chi connectivity index (χ4v) is 3.23. The number of carbonyl (C=O) groups is 2. The first kappa shape index (κ1) is 17.8. The lowest BCUT2D eigenvalue weighted by molar-refractivity contribution is -0.131. The fourth-order valence-electron chi connectivity index (χ4n) is 3.23. The number of nitrogens with zero attached hydrogens (tertiary/aromatic N) is 1. The third kappa shape index (κ3) is 4.24. The molecule has 0 aromatic heterocycles. The predicted molar refractivity (Wildman–Crippen MR) is 93.0 cm³/mol. The molecule has 6 heteroatoms. The topological polar surface area (TPSA) is 61.4 Å². The number of halogens is 1. The number of anilines is 1. The van der Waals surface area contributed by atoms with Crippen LogP contribution in [-0.4, -0.2) is 42.9 Å². The van der Waals surface area contributed by atoms with Crippen LogP contribution in [0.25, 0.3) is 0 Å². The van der Waals surface area contributed by atoms with Crippen molar-refractivity contribution in [3.8, 4) is 0 Å². The zero-order valence-corrected chi connectivity index (χ0v) is 14.2. The highest BCUT2D eigenvalue weighted by atomic mass is 35.5. The lowest BCUT2D eigenvalue weighted by Crippen LogP contribution is -2.38. The Morgan fingerprint density at radius 2 is 2.22 bits per heavy atom. The number of carbonyl (C=O) groups excluding carboxylic acids is 2. The van der Waals surface area contributed by atoms with E-state index in [1.165, 1.54) is 5.56 Å². The van der Waals surface area contributed by atoms with E-state index in [-0.39, 0.29) is 24.2 Å². The van der Waals surface area contributed by atoms with Gasteiger partial charge in [-0.15, -0.1) is 12.4 Å². The largest absolute Gasteiger partial charge is 0.341 e. The summed E-state index contributed by atoms with van der Waals surface area (Å²) in [6.45, 7) is 1.91. The molecule has 3 rings (SSSR count). The van der Waals surface area contributed by atoms with Gasteiger partial charge in [0.2, 0.25) is 11.8 Å². The maximum Gasteiger partial charge on any atom is 0.228 e. The number of likely N-dealkylation sites (N-methyl/N-ethyl adjacent to an activating group) is 1. The molecule has 1 saturated heterocycles. The molecule has 2 aliphatic rings. The second-order valence-corrected chi connectivity index (χ2v) is 6.22. The Labute approximate surface area is 143 Å². The Morgan fingerprint density at radius 3 is 2.96 bits per heavy atom. The van der Waals surface area contributed by atoms with Crippen LogP contribution in [-0.2, 0) is 22.4 Å². The zero-order valence-electron chi connectivity index (χ0n) is 13.4. The molecule has 0 aliphatic carbocycles. The molecule has 1 aromatic carbocycles. The van der Waals surface area contributed by atoms with Gasteiger partial charge in [0.25, 0.3) is 0 Å². The summed E-state index contributed by atoms with van der Waals surface area (Å²) in [6, 6.07) is 6.44. The average molecular weight is 338 g/mol. The molecule has 0 spiro atoms. The molecule has 5 nitrogen and oxygen atoms in total. The van der Waals surface area contributed by atoms with Gasteiger partial charge < -0.3 is 15.5 Å². The standard InChI is InChI=1S/C17H23N3O2.ClH/c1-20(14-7-8-18-11-14)17(22)4-2-3-12-5-6-15-13(9-12)10-16(21)19-15;/h5-6,9,14,18H,2-4,7-8,10-11H2,1H3,(H,19,21);1H. The first-order chi connectivity index (χ1) is 10.6. The van der Waals surface area contributed by atoms with Crippen LogP contribution in [0.3, 0.4) is 0 Å². The third-order valence-electron chi connectivity index (χ3n) is 4.63. The highest BCUT2D eigenvalue weighted by Crippen LogP contribution is 2.24. The first-order valence-corrected chi connectivity index (χ1v) is 8.01. The molecule has 2 aliphatic heterocycles. The molecule has 2 N–H and O–H groups in total. The summed E-state index contributed by atoms with van der Waals surface area (Å²) in [5, 5.41) is 6.13. The summed E-state index contributed by atoms with van der Waals surface area (Å²) in [4.78, 5) is 25.4. The van der Waals surface area contributed by atoms with Crippen molar-refractivity contribution in [1.82, 2.24) is 10.2 Å². The van der Waals surface area contributed by atoms with E-state index in [9.17, 15) is 9.59 Å². The molecule has 1 unspecified atom stereocenters. The smallest absolute Gasteiger partial charge is 0.228 e. The van der Waals surface area contributed by atoms with E-state index in [4.69, 9.17) is 0 Å². The zero-order chi connectivity index (χ0) is 15.5. The van der Waals surface area contributed by atoms with Crippen LogP contribution in [0, 0.1) is 0 Å². The van der Waals surface area contributed by atoms with E-state index < -0.39 is 0 Å². The summed E-state index contributed by atoms with van der Waals surface area (Å²) in [5.41, 5.74) is 3.20. The molecular weight excluding hydrogens is 314 g/mol. The van der Waals surface area contributed by atoms with Crippen LogP contribution in [0.5, 0.6) is 0 Å². The fraction of sp³-hybridized carbons (Fsp3) is 0.529. The second-order valence-electron chi connectivity index (χ2n) is 6.22. The van der Waals surface area contributed by atoms with Gasteiger partial charge in [-0.1, -0.05) is 12.1 Å². The second kappa shape index (κ2) is 7.79. The number of amides is 2. The average Bonchev–Trinajstić information content (AvgIpc) is 3.14. The van der Waals surface area contributed by atoms with Gasteiger partial charge in [0.1, 0.15) is 0 Å². The van der Waals surface area contributed by atoms with Gasteiger partial charge >= 0.3 is 0 Å². The van der Waals surface area contributed by atoms with E-state index in [1.54, 1.807) is 0 Å². The van der Waals surface area contributed by atoms with Gasteiger partial charge in [-0.25, -0.2) is 0 Å². The van der Waals surface area contributed by atoms with Crippen molar-refractivity contribution < 1.29 is 9.59 Å². The maximum absolute atomic E-state index is 12.2. The monoisotopic (exact) mass is 337 g/mol. The van der Waals surface area contributed by atoms with Crippen LogP contribution in [0.2, 0.25) is 0 Å². The van der Waals surface area contributed by atoms with Crippen LogP contribution in [0.4, 0.5) is 5.69 Å². The minimum absolute atomic E-state index is 0. The number of hydrogen-bond acceptors (Lipinski definition) is 3. The molecule has 23 heavy (non-hydrogen) atoms. The van der Waals surface area contributed by atoms with E-state index in [0.717, 1.165) is 43.6 Å². The van der Waals surface area contributed by atoms with Gasteiger partial charge in [-0.05, 0) is 43.0 Å². The number of fused-ring (bicyclic) bond motifs is 1. The van der Waals surface area contributed by atoms with Crippen molar-refractivity contribution in [2.24, 2.45) is 0 Å². The van der Waals surface area contributed by atoms with E-state index in [1.807, 2.05) is 24.1 Å². The number of rotatable bonds is 5. The van der Waals surface area contributed by atoms with E-state index >= 15 is 0 Å². The van der Waals surface area contributed by atoms with Crippen molar-refractivity contribution in [3.05, 3.63) is 29.3 Å². The maximum atomic E-state index is 12.2. The van der Waals surface area contributed by atoms with Crippen molar-refractivity contribution in [1.29, 1.82) is 0 Å². The molecule has 2 amide bonds. The summed E-state index contributed by atoms with van der Waals surface area (Å²) in [5.74, 6) is 0.292. The van der Waals surface area contributed by atoms with Crippen LogP contribution >= 0.6 is 12.4 Å². The molecule has 0 saturated carbocycles. The van der Waals surface area contributed by atoms with Gasteiger partial charge in [0.15, 0.2) is 0 Å². The van der Waals surface area contributed by atoms with Gasteiger partial charge in [-0.2, -0.15) is 0 Å². The van der Waals surface area contributed by atoms with Gasteiger partial charge in [0.05, 0.1) is 6.42 Å². The summed E-state index contributed by atoms with van der Waals surface area (Å²) < 4.78 is 0. The summed E-state index contributed by atoms with van der Waals surface area (Å²) in [6.07, 6.45) is 3.84. The van der Waals surface area contributed by atoms with Crippen LogP contribution < -0.4 is 10.6 Å². The highest BCUT2D eigenvalue weighted by molar-refractivity contribution is 5.99.